The Morgan fingerprint density at radius 2 is 1.96 bits per heavy atom. The van der Waals surface area contributed by atoms with Crippen molar-refractivity contribution in [1.29, 1.82) is 0 Å². The molecule has 0 bridgehead atoms. The van der Waals surface area contributed by atoms with E-state index in [4.69, 9.17) is 9.47 Å². The number of ether oxygens (including phenoxy) is 2. The van der Waals surface area contributed by atoms with Crippen molar-refractivity contribution in [1.82, 2.24) is 4.90 Å². The zero-order chi connectivity index (χ0) is 16.1. The van der Waals surface area contributed by atoms with E-state index in [-0.39, 0.29) is 12.2 Å². The first kappa shape index (κ1) is 16.1. The quantitative estimate of drug-likeness (QED) is 0.920. The highest BCUT2D eigenvalue weighted by Gasteiger charge is 2.34. The molecule has 1 amide bonds. The highest BCUT2D eigenvalue weighted by Crippen LogP contribution is 2.28. The topological polar surface area (TPSA) is 50.8 Å². The number of benzene rings is 1. The second-order valence-corrected chi connectivity index (χ2v) is 6.40. The van der Waals surface area contributed by atoms with Crippen LogP contribution in [0.2, 0.25) is 0 Å². The average Bonchev–Trinajstić information content (AvgIpc) is 3.10. The molecule has 1 aliphatic heterocycles. The summed E-state index contributed by atoms with van der Waals surface area (Å²) < 4.78 is 10.9. The Morgan fingerprint density at radius 3 is 2.74 bits per heavy atom. The Morgan fingerprint density at radius 1 is 1.17 bits per heavy atom. The van der Waals surface area contributed by atoms with Gasteiger partial charge in [-0.3, -0.25) is 10.2 Å². The molecular weight excluding hydrogens is 292 g/mol. The van der Waals surface area contributed by atoms with E-state index in [1.807, 2.05) is 18.2 Å². The molecule has 0 aromatic heterocycles. The number of nitrogens with zero attached hydrogens (tertiary/aromatic N) is 1. The first-order valence-electron chi connectivity index (χ1n) is 8.62. The van der Waals surface area contributed by atoms with Gasteiger partial charge in [0, 0.05) is 17.8 Å². The summed E-state index contributed by atoms with van der Waals surface area (Å²) in [5.41, 5.74) is 0.697. The van der Waals surface area contributed by atoms with Crippen molar-refractivity contribution in [3.05, 3.63) is 24.3 Å². The van der Waals surface area contributed by atoms with E-state index in [2.05, 4.69) is 10.2 Å². The van der Waals surface area contributed by atoms with E-state index < -0.39 is 0 Å². The summed E-state index contributed by atoms with van der Waals surface area (Å²) in [5.74, 6) is 0.718. The van der Waals surface area contributed by atoms with Crippen LogP contribution in [-0.2, 0) is 4.74 Å². The van der Waals surface area contributed by atoms with Gasteiger partial charge in [0.2, 0.25) is 0 Å². The lowest BCUT2D eigenvalue weighted by Crippen LogP contribution is -2.46. The molecule has 2 fully saturated rings. The fourth-order valence-corrected chi connectivity index (χ4v) is 3.69. The maximum atomic E-state index is 12.2. The van der Waals surface area contributed by atoms with Gasteiger partial charge >= 0.3 is 6.09 Å². The monoisotopic (exact) mass is 318 g/mol. The number of carbonyl (C=O) groups is 1. The Balaban J connectivity index is 1.58. The molecule has 0 radical (unpaired) electrons. The van der Waals surface area contributed by atoms with Gasteiger partial charge < -0.3 is 9.47 Å². The number of amides is 1. The van der Waals surface area contributed by atoms with Crippen molar-refractivity contribution >= 4 is 11.8 Å². The summed E-state index contributed by atoms with van der Waals surface area (Å²) in [6, 6.07) is 7.72. The first-order valence-corrected chi connectivity index (χ1v) is 8.62. The molecule has 5 nitrogen and oxygen atoms in total. The Hall–Kier alpha value is -1.75. The van der Waals surface area contributed by atoms with Crippen molar-refractivity contribution < 1.29 is 14.3 Å². The van der Waals surface area contributed by atoms with E-state index >= 15 is 0 Å². The zero-order valence-corrected chi connectivity index (χ0v) is 13.8. The van der Waals surface area contributed by atoms with E-state index in [0.717, 1.165) is 38.1 Å². The lowest BCUT2D eigenvalue weighted by atomic mass is 9.91. The number of nitrogens with one attached hydrogen (secondary N) is 1. The molecule has 23 heavy (non-hydrogen) atoms. The van der Waals surface area contributed by atoms with Gasteiger partial charge in [-0.25, -0.2) is 4.79 Å². The molecule has 2 aliphatic rings. The van der Waals surface area contributed by atoms with Crippen LogP contribution in [0.4, 0.5) is 10.5 Å². The largest absolute Gasteiger partial charge is 0.497 e. The van der Waals surface area contributed by atoms with Gasteiger partial charge in [0.05, 0.1) is 7.11 Å². The van der Waals surface area contributed by atoms with Gasteiger partial charge in [-0.1, -0.05) is 12.5 Å². The Labute approximate surface area is 137 Å². The minimum absolute atomic E-state index is 0.00691. The third-order valence-electron chi connectivity index (χ3n) is 4.85. The van der Waals surface area contributed by atoms with Gasteiger partial charge in [0.15, 0.2) is 0 Å². The first-order chi connectivity index (χ1) is 11.3. The van der Waals surface area contributed by atoms with Crippen molar-refractivity contribution in [2.45, 2.75) is 50.7 Å². The Kier molecular flexibility index (Phi) is 5.39. The van der Waals surface area contributed by atoms with Crippen molar-refractivity contribution in [3.63, 3.8) is 0 Å². The van der Waals surface area contributed by atoms with Gasteiger partial charge in [0.1, 0.15) is 11.9 Å². The molecule has 126 valence electrons. The molecule has 1 saturated carbocycles. The molecule has 1 saturated heterocycles. The zero-order valence-electron chi connectivity index (χ0n) is 13.8. The summed E-state index contributed by atoms with van der Waals surface area (Å²) in [6.45, 7) is 2.28. The molecule has 3 rings (SSSR count). The Bertz CT molecular complexity index is 529. The summed E-state index contributed by atoms with van der Waals surface area (Å²) in [4.78, 5) is 14.8. The predicted octanol–water partition coefficient (Wildman–Crippen LogP) is 3.65. The number of hydrogen-bond donors (Lipinski definition) is 1. The van der Waals surface area contributed by atoms with E-state index in [9.17, 15) is 4.79 Å². The number of methoxy groups -OCH3 is 1. The molecule has 1 N–H and O–H groups in total. The van der Waals surface area contributed by atoms with Crippen molar-refractivity contribution in [2.75, 3.05) is 25.5 Å². The van der Waals surface area contributed by atoms with Crippen LogP contribution < -0.4 is 10.1 Å². The van der Waals surface area contributed by atoms with Gasteiger partial charge in [-0.2, -0.15) is 0 Å². The van der Waals surface area contributed by atoms with Crippen LogP contribution >= 0.6 is 0 Å². The molecule has 1 aromatic carbocycles. The van der Waals surface area contributed by atoms with Gasteiger partial charge in [-0.15, -0.1) is 0 Å². The molecule has 1 aliphatic carbocycles. The lowest BCUT2D eigenvalue weighted by Gasteiger charge is -2.37. The van der Waals surface area contributed by atoms with Crippen LogP contribution in [-0.4, -0.2) is 43.3 Å². The van der Waals surface area contributed by atoms with Crippen molar-refractivity contribution in [3.8, 4) is 5.75 Å². The van der Waals surface area contributed by atoms with E-state index in [0.29, 0.717) is 11.7 Å². The SMILES string of the molecule is COc1cccc(NC(=O)OC2CCCC[C@@H]2N2CCCC2)c1. The second kappa shape index (κ2) is 7.68. The van der Waals surface area contributed by atoms with Gasteiger partial charge in [-0.05, 0) is 57.3 Å². The molecule has 0 spiro atoms. The number of anilines is 1. The number of rotatable bonds is 4. The summed E-state index contributed by atoms with van der Waals surface area (Å²) in [6.07, 6.45) is 6.64. The fraction of sp³-hybridized carbons (Fsp3) is 0.611. The lowest BCUT2D eigenvalue weighted by molar-refractivity contribution is 0.0176. The van der Waals surface area contributed by atoms with Crippen molar-refractivity contribution in [2.24, 2.45) is 0 Å². The van der Waals surface area contributed by atoms with Gasteiger partial charge in [0.25, 0.3) is 0 Å². The summed E-state index contributed by atoms with van der Waals surface area (Å²) in [5, 5.41) is 2.82. The molecule has 1 aromatic rings. The maximum absolute atomic E-state index is 12.2. The fourth-order valence-electron chi connectivity index (χ4n) is 3.69. The number of carbonyl (C=O) groups excluding carboxylic acids is 1. The van der Waals surface area contributed by atoms with Crippen LogP contribution in [0.1, 0.15) is 38.5 Å². The maximum Gasteiger partial charge on any atom is 0.411 e. The number of hydrogen-bond acceptors (Lipinski definition) is 4. The molecule has 1 unspecified atom stereocenters. The third-order valence-corrected chi connectivity index (χ3v) is 4.85. The summed E-state index contributed by atoms with van der Waals surface area (Å²) >= 11 is 0. The van der Waals surface area contributed by atoms with E-state index in [1.165, 1.54) is 19.3 Å². The second-order valence-electron chi connectivity index (χ2n) is 6.40. The standard InChI is InChI=1S/C18H26N2O3/c1-22-15-8-6-7-14(13-15)19-18(21)23-17-10-3-2-9-16(17)20-11-4-5-12-20/h6-8,13,16-17H,2-5,9-12H2,1H3,(H,19,21)/t16-,17?/m0/s1. The average molecular weight is 318 g/mol. The number of likely N-dealkylation sites (tertiary alicyclic amines) is 1. The highest BCUT2D eigenvalue weighted by molar-refractivity contribution is 5.85. The normalized spacial score (nSPS) is 25.1. The van der Waals surface area contributed by atoms with Crippen LogP contribution in [0.15, 0.2) is 24.3 Å². The molecule has 5 heteroatoms. The molecule has 2 atom stereocenters. The van der Waals surface area contributed by atoms with Crippen LogP contribution in [0, 0.1) is 0 Å². The van der Waals surface area contributed by atoms with Crippen LogP contribution in [0.5, 0.6) is 5.75 Å². The predicted molar refractivity (Wildman–Crippen MR) is 89.9 cm³/mol. The minimum Gasteiger partial charge on any atom is -0.497 e. The highest BCUT2D eigenvalue weighted by atomic mass is 16.6. The van der Waals surface area contributed by atoms with Crippen LogP contribution in [0.3, 0.4) is 0 Å². The molecular formula is C18H26N2O3. The smallest absolute Gasteiger partial charge is 0.411 e. The minimum atomic E-state index is -0.366. The summed E-state index contributed by atoms with van der Waals surface area (Å²) in [7, 11) is 1.61. The third kappa shape index (κ3) is 4.16. The van der Waals surface area contributed by atoms with Crippen LogP contribution in [0.25, 0.3) is 0 Å². The molecule has 1 heterocycles. The van der Waals surface area contributed by atoms with E-state index in [1.54, 1.807) is 13.2 Å².